The summed E-state index contributed by atoms with van der Waals surface area (Å²) in [6, 6.07) is 7.98. The molecule has 1 aliphatic carbocycles. The Morgan fingerprint density at radius 3 is 2.76 bits per heavy atom. The highest BCUT2D eigenvalue weighted by Crippen LogP contribution is 2.23. The topological polar surface area (TPSA) is 82.6 Å². The van der Waals surface area contributed by atoms with E-state index in [1.807, 2.05) is 31.2 Å². The molecule has 164 valence electrons. The second-order valence-corrected chi connectivity index (χ2v) is 9.09. The van der Waals surface area contributed by atoms with Crippen LogP contribution in [0, 0.1) is 0 Å². The lowest BCUT2D eigenvalue weighted by atomic mass is 9.95. The fraction of sp³-hybridized carbons (Fsp3) is 0.619. The van der Waals surface area contributed by atoms with Crippen LogP contribution in [0.3, 0.4) is 0 Å². The Balaban J connectivity index is 0.00000420. The molecule has 8 heteroatoms. The van der Waals surface area contributed by atoms with E-state index in [0.717, 1.165) is 55.9 Å². The molecule has 0 spiro atoms. The van der Waals surface area contributed by atoms with Gasteiger partial charge in [0, 0.05) is 53.5 Å². The fourth-order valence-electron chi connectivity index (χ4n) is 3.57. The van der Waals surface area contributed by atoms with Crippen LogP contribution in [0.5, 0.6) is 0 Å². The number of guanidine groups is 1. The van der Waals surface area contributed by atoms with Crippen LogP contribution >= 0.6 is 24.0 Å². The first-order valence-electron chi connectivity index (χ1n) is 10.3. The van der Waals surface area contributed by atoms with Gasteiger partial charge in [0.25, 0.3) is 5.91 Å². The lowest BCUT2D eigenvalue weighted by Crippen LogP contribution is -2.46. The lowest BCUT2D eigenvalue weighted by molar-refractivity contribution is 0.0963. The summed E-state index contributed by atoms with van der Waals surface area (Å²) in [5.74, 6) is 1.48. The van der Waals surface area contributed by atoms with Crippen LogP contribution in [-0.4, -0.2) is 53.3 Å². The van der Waals surface area contributed by atoms with Gasteiger partial charge < -0.3 is 16.0 Å². The smallest absolute Gasteiger partial charge is 0.251 e. The van der Waals surface area contributed by atoms with E-state index >= 15 is 0 Å². The van der Waals surface area contributed by atoms with Gasteiger partial charge in [-0.15, -0.1) is 24.0 Å². The van der Waals surface area contributed by atoms with Crippen LogP contribution in [0.4, 0.5) is 0 Å². The Kier molecular flexibility index (Phi) is 12.4. The van der Waals surface area contributed by atoms with Crippen molar-refractivity contribution in [3.63, 3.8) is 0 Å². The van der Waals surface area contributed by atoms with Crippen LogP contribution < -0.4 is 16.0 Å². The van der Waals surface area contributed by atoms with E-state index in [1.165, 1.54) is 0 Å². The van der Waals surface area contributed by atoms with Gasteiger partial charge in [0.1, 0.15) is 0 Å². The lowest BCUT2D eigenvalue weighted by Gasteiger charge is -2.30. The Morgan fingerprint density at radius 1 is 1.28 bits per heavy atom. The van der Waals surface area contributed by atoms with Gasteiger partial charge in [-0.25, -0.2) is 0 Å². The van der Waals surface area contributed by atoms with Crippen LogP contribution in [0.2, 0.25) is 0 Å². The number of nitrogens with zero attached hydrogens (tertiary/aromatic N) is 1. The summed E-state index contributed by atoms with van der Waals surface area (Å²) in [6.07, 6.45) is 4.98. The molecule has 6 nitrogen and oxygen atoms in total. The summed E-state index contributed by atoms with van der Waals surface area (Å²) >= 11 is 0. The van der Waals surface area contributed by atoms with E-state index in [9.17, 15) is 9.00 Å². The number of nitrogens with one attached hydrogen (secondary N) is 3. The second-order valence-electron chi connectivity index (χ2n) is 7.09. The minimum Gasteiger partial charge on any atom is -0.357 e. The van der Waals surface area contributed by atoms with Gasteiger partial charge in [-0.3, -0.25) is 14.0 Å². The first-order chi connectivity index (χ1) is 13.6. The zero-order valence-electron chi connectivity index (χ0n) is 17.7. The second kappa shape index (κ2) is 14.0. The largest absolute Gasteiger partial charge is 0.357 e. The SMILES string of the molecule is CCNC(=NCCc1cccc(C(=O)NC)c1)NC1CCCC(S(=O)CC)C1.I. The van der Waals surface area contributed by atoms with Crippen molar-refractivity contribution in [2.24, 2.45) is 4.99 Å². The highest BCUT2D eigenvalue weighted by Gasteiger charge is 2.26. The summed E-state index contributed by atoms with van der Waals surface area (Å²) in [7, 11) is 0.915. The molecule has 2 rings (SSSR count). The predicted molar refractivity (Wildman–Crippen MR) is 133 cm³/mol. The van der Waals surface area contributed by atoms with Gasteiger partial charge in [0.15, 0.2) is 5.96 Å². The third kappa shape index (κ3) is 8.62. The van der Waals surface area contributed by atoms with Crippen molar-refractivity contribution in [3.8, 4) is 0 Å². The molecule has 0 radical (unpaired) electrons. The Bertz CT molecular complexity index is 699. The molecule has 1 amide bonds. The van der Waals surface area contributed by atoms with Crippen LogP contribution in [0.1, 0.15) is 55.5 Å². The number of hydrogen-bond acceptors (Lipinski definition) is 3. The fourth-order valence-corrected chi connectivity index (χ4v) is 4.92. The van der Waals surface area contributed by atoms with Crippen molar-refractivity contribution < 1.29 is 9.00 Å². The normalized spacial score (nSPS) is 20.3. The molecule has 0 bridgehead atoms. The number of carbonyl (C=O) groups excluding carboxylic acids is 1. The summed E-state index contributed by atoms with van der Waals surface area (Å²) in [5, 5.41) is 9.79. The number of aliphatic imine (C=N–C) groups is 1. The number of rotatable bonds is 8. The molecular formula is C21H35IN4O2S. The number of halogens is 1. The summed E-state index contributed by atoms with van der Waals surface area (Å²) in [5.41, 5.74) is 1.77. The maximum absolute atomic E-state index is 12.2. The standard InChI is InChI=1S/C21H34N4O2S.HI/c1-4-23-21(25-18-10-7-11-19(15-18)28(27)5-2)24-13-12-16-8-6-9-17(14-16)20(26)22-3;/h6,8-9,14,18-19H,4-5,7,10-13,15H2,1-3H3,(H,22,26)(H2,23,24,25);1H. The van der Waals surface area contributed by atoms with Gasteiger partial charge in [0.05, 0.1) is 0 Å². The number of amides is 1. The van der Waals surface area contributed by atoms with Gasteiger partial charge in [-0.05, 0) is 50.3 Å². The molecule has 0 heterocycles. The van der Waals surface area contributed by atoms with Gasteiger partial charge in [0.2, 0.25) is 0 Å². The summed E-state index contributed by atoms with van der Waals surface area (Å²) in [6.45, 7) is 5.50. The van der Waals surface area contributed by atoms with E-state index in [4.69, 9.17) is 4.99 Å². The van der Waals surface area contributed by atoms with Crippen LogP contribution in [-0.2, 0) is 17.2 Å². The monoisotopic (exact) mass is 534 g/mol. The Hall–Kier alpha value is -1.16. The summed E-state index contributed by atoms with van der Waals surface area (Å²) < 4.78 is 12.2. The Labute approximate surface area is 194 Å². The maximum Gasteiger partial charge on any atom is 0.251 e. The molecule has 1 aromatic carbocycles. The molecular weight excluding hydrogens is 499 g/mol. The molecule has 3 N–H and O–H groups in total. The minimum absolute atomic E-state index is 0. The quantitative estimate of drug-likeness (QED) is 0.272. The van der Waals surface area contributed by atoms with Gasteiger partial charge in [-0.2, -0.15) is 0 Å². The van der Waals surface area contributed by atoms with Crippen molar-refractivity contribution in [1.29, 1.82) is 0 Å². The highest BCUT2D eigenvalue weighted by molar-refractivity contribution is 14.0. The molecule has 0 saturated heterocycles. The third-order valence-corrected chi connectivity index (χ3v) is 6.79. The molecule has 1 aliphatic rings. The first-order valence-corrected chi connectivity index (χ1v) is 11.7. The van der Waals surface area contributed by atoms with Crippen LogP contribution in [0.25, 0.3) is 0 Å². The molecule has 3 unspecified atom stereocenters. The minimum atomic E-state index is -0.723. The average molecular weight is 535 g/mol. The number of hydrogen-bond donors (Lipinski definition) is 3. The maximum atomic E-state index is 12.2. The van der Waals surface area contributed by atoms with Crippen molar-refractivity contribution in [2.75, 3.05) is 25.9 Å². The highest BCUT2D eigenvalue weighted by atomic mass is 127. The molecule has 1 fully saturated rings. The van der Waals surface area contributed by atoms with Gasteiger partial charge >= 0.3 is 0 Å². The first kappa shape index (κ1) is 25.9. The van der Waals surface area contributed by atoms with E-state index in [2.05, 4.69) is 22.9 Å². The van der Waals surface area contributed by atoms with E-state index in [-0.39, 0.29) is 29.9 Å². The third-order valence-electron chi connectivity index (χ3n) is 5.05. The van der Waals surface area contributed by atoms with Crippen molar-refractivity contribution in [3.05, 3.63) is 35.4 Å². The van der Waals surface area contributed by atoms with E-state index in [0.29, 0.717) is 23.4 Å². The molecule has 1 aromatic rings. The van der Waals surface area contributed by atoms with Crippen molar-refractivity contribution in [2.45, 2.75) is 57.2 Å². The molecule has 0 aromatic heterocycles. The molecule has 1 saturated carbocycles. The van der Waals surface area contributed by atoms with Crippen molar-refractivity contribution >= 4 is 46.6 Å². The van der Waals surface area contributed by atoms with E-state index < -0.39 is 10.8 Å². The van der Waals surface area contributed by atoms with Gasteiger partial charge in [-0.1, -0.05) is 25.5 Å². The zero-order chi connectivity index (χ0) is 20.4. The summed E-state index contributed by atoms with van der Waals surface area (Å²) in [4.78, 5) is 16.5. The van der Waals surface area contributed by atoms with Crippen LogP contribution in [0.15, 0.2) is 29.3 Å². The molecule has 29 heavy (non-hydrogen) atoms. The predicted octanol–water partition coefficient (Wildman–Crippen LogP) is 2.84. The molecule has 3 atom stereocenters. The average Bonchev–Trinajstić information content (AvgIpc) is 2.73. The van der Waals surface area contributed by atoms with Crippen molar-refractivity contribution in [1.82, 2.24) is 16.0 Å². The number of carbonyl (C=O) groups is 1. The Morgan fingerprint density at radius 2 is 2.07 bits per heavy atom. The van der Waals surface area contributed by atoms with E-state index in [1.54, 1.807) is 7.05 Å². The zero-order valence-corrected chi connectivity index (χ0v) is 20.8. The molecule has 0 aliphatic heterocycles. The number of benzene rings is 1.